The molecule has 0 spiro atoms. The van der Waals surface area contributed by atoms with Crippen molar-refractivity contribution in [1.29, 1.82) is 0 Å². The second-order valence-electron chi connectivity index (χ2n) is 6.30. The van der Waals surface area contributed by atoms with E-state index in [0.717, 1.165) is 36.0 Å². The summed E-state index contributed by atoms with van der Waals surface area (Å²) in [5.74, 6) is 2.47. The number of guanidine groups is 1. The number of fused-ring (bicyclic) bond motifs is 1. The molecule has 2 heterocycles. The number of ether oxygens (including phenoxy) is 2. The van der Waals surface area contributed by atoms with Gasteiger partial charge in [0.15, 0.2) is 17.5 Å². The lowest BCUT2D eigenvalue weighted by Gasteiger charge is -2.27. The van der Waals surface area contributed by atoms with E-state index in [1.807, 2.05) is 25.2 Å². The second kappa shape index (κ2) is 8.24. The Bertz CT molecular complexity index is 570. The molecule has 1 atom stereocenters. The van der Waals surface area contributed by atoms with Crippen molar-refractivity contribution in [1.82, 2.24) is 15.5 Å². The van der Waals surface area contributed by atoms with E-state index in [2.05, 4.69) is 27.4 Å². The minimum absolute atomic E-state index is 0.310. The number of nitrogens with zero attached hydrogens (tertiary/aromatic N) is 2. The molecule has 1 unspecified atom stereocenters. The molecule has 1 saturated heterocycles. The number of hydrogen-bond donors (Lipinski definition) is 2. The van der Waals surface area contributed by atoms with Gasteiger partial charge in [-0.3, -0.25) is 9.89 Å². The van der Waals surface area contributed by atoms with Gasteiger partial charge in [-0.05, 0) is 50.0 Å². The van der Waals surface area contributed by atoms with Crippen molar-refractivity contribution < 1.29 is 9.47 Å². The van der Waals surface area contributed by atoms with Crippen molar-refractivity contribution in [3.8, 4) is 11.5 Å². The second-order valence-corrected chi connectivity index (χ2v) is 6.30. The number of likely N-dealkylation sites (tertiary alicyclic amines) is 1. The molecule has 0 amide bonds. The Balaban J connectivity index is 1.48. The van der Waals surface area contributed by atoms with E-state index in [-0.39, 0.29) is 0 Å². The Kier molecular flexibility index (Phi) is 5.80. The molecule has 1 aromatic rings. The first kappa shape index (κ1) is 16.9. The number of benzene rings is 1. The molecule has 0 radical (unpaired) electrons. The van der Waals surface area contributed by atoms with E-state index in [4.69, 9.17) is 9.47 Å². The van der Waals surface area contributed by atoms with Crippen molar-refractivity contribution in [2.75, 3.05) is 33.5 Å². The fourth-order valence-corrected chi connectivity index (χ4v) is 3.31. The van der Waals surface area contributed by atoms with Crippen LogP contribution in [0.5, 0.6) is 11.5 Å². The Morgan fingerprint density at radius 2 is 2.00 bits per heavy atom. The maximum absolute atomic E-state index is 5.42. The third kappa shape index (κ3) is 4.12. The van der Waals surface area contributed by atoms with E-state index in [1.54, 1.807) is 0 Å². The van der Waals surface area contributed by atoms with Crippen molar-refractivity contribution in [3.05, 3.63) is 23.8 Å². The molecule has 1 fully saturated rings. The molecule has 2 aliphatic heterocycles. The SMILES string of the molecule is CCC(CNC(=NC)NCc1ccc2c(c1)OCO2)N1CCCC1. The van der Waals surface area contributed by atoms with Crippen LogP contribution in [0.2, 0.25) is 0 Å². The summed E-state index contributed by atoms with van der Waals surface area (Å²) in [5, 5.41) is 6.83. The van der Waals surface area contributed by atoms with E-state index in [1.165, 1.54) is 25.9 Å². The maximum Gasteiger partial charge on any atom is 0.231 e. The van der Waals surface area contributed by atoms with Gasteiger partial charge in [0.2, 0.25) is 6.79 Å². The Hall–Kier alpha value is -1.95. The van der Waals surface area contributed by atoms with Crippen LogP contribution >= 0.6 is 0 Å². The Morgan fingerprint density at radius 1 is 1.21 bits per heavy atom. The minimum Gasteiger partial charge on any atom is -0.454 e. The highest BCUT2D eigenvalue weighted by atomic mass is 16.7. The average Bonchev–Trinajstić information content (AvgIpc) is 3.29. The summed E-state index contributed by atoms with van der Waals surface area (Å²) >= 11 is 0. The zero-order valence-corrected chi connectivity index (χ0v) is 14.7. The lowest BCUT2D eigenvalue weighted by molar-refractivity contribution is 0.174. The van der Waals surface area contributed by atoms with E-state index in [9.17, 15) is 0 Å². The lowest BCUT2D eigenvalue weighted by Crippen LogP contribution is -2.46. The first-order chi connectivity index (χ1) is 11.8. The van der Waals surface area contributed by atoms with Gasteiger partial charge in [0.25, 0.3) is 0 Å². The van der Waals surface area contributed by atoms with Gasteiger partial charge in [-0.15, -0.1) is 0 Å². The molecule has 6 nitrogen and oxygen atoms in total. The lowest BCUT2D eigenvalue weighted by atomic mass is 10.2. The van der Waals surface area contributed by atoms with Crippen LogP contribution in [-0.4, -0.2) is 50.4 Å². The van der Waals surface area contributed by atoms with Gasteiger partial charge in [-0.2, -0.15) is 0 Å². The van der Waals surface area contributed by atoms with Gasteiger partial charge in [-0.1, -0.05) is 13.0 Å². The molecule has 0 aromatic heterocycles. The summed E-state index contributed by atoms with van der Waals surface area (Å²) in [7, 11) is 1.81. The number of rotatable bonds is 6. The van der Waals surface area contributed by atoms with E-state index in [0.29, 0.717) is 19.4 Å². The minimum atomic E-state index is 0.310. The zero-order valence-electron chi connectivity index (χ0n) is 14.7. The third-order valence-electron chi connectivity index (χ3n) is 4.75. The molecular formula is C18H28N4O2. The molecule has 24 heavy (non-hydrogen) atoms. The van der Waals surface area contributed by atoms with Gasteiger partial charge in [0, 0.05) is 26.2 Å². The quantitative estimate of drug-likeness (QED) is 0.616. The first-order valence-corrected chi connectivity index (χ1v) is 8.87. The number of aliphatic imine (C=N–C) groups is 1. The monoisotopic (exact) mass is 332 g/mol. The van der Waals surface area contributed by atoms with Crippen LogP contribution in [0.3, 0.4) is 0 Å². The molecule has 0 saturated carbocycles. The van der Waals surface area contributed by atoms with Crippen molar-refractivity contribution in [2.45, 2.75) is 38.8 Å². The van der Waals surface area contributed by atoms with Crippen LogP contribution in [0.1, 0.15) is 31.7 Å². The highest BCUT2D eigenvalue weighted by Crippen LogP contribution is 2.32. The molecule has 2 N–H and O–H groups in total. The molecule has 6 heteroatoms. The molecule has 132 valence electrons. The van der Waals surface area contributed by atoms with Crippen LogP contribution in [0, 0.1) is 0 Å². The standard InChI is InChI=1S/C18H28N4O2/c1-3-15(22-8-4-5-9-22)12-21-18(19-2)20-11-14-6-7-16-17(10-14)24-13-23-16/h6-7,10,15H,3-5,8-9,11-13H2,1-2H3,(H2,19,20,21). The van der Waals surface area contributed by atoms with Gasteiger partial charge in [-0.25, -0.2) is 0 Å². The topological polar surface area (TPSA) is 58.1 Å². The fraction of sp³-hybridized carbons (Fsp3) is 0.611. The zero-order chi connectivity index (χ0) is 16.8. The fourth-order valence-electron chi connectivity index (χ4n) is 3.31. The Morgan fingerprint density at radius 3 is 2.75 bits per heavy atom. The highest BCUT2D eigenvalue weighted by molar-refractivity contribution is 5.79. The van der Waals surface area contributed by atoms with Crippen LogP contribution in [0.15, 0.2) is 23.2 Å². The van der Waals surface area contributed by atoms with Crippen molar-refractivity contribution in [2.24, 2.45) is 4.99 Å². The van der Waals surface area contributed by atoms with Crippen LogP contribution in [-0.2, 0) is 6.54 Å². The van der Waals surface area contributed by atoms with Crippen LogP contribution in [0.4, 0.5) is 0 Å². The molecule has 0 aliphatic carbocycles. The number of hydrogen-bond acceptors (Lipinski definition) is 4. The van der Waals surface area contributed by atoms with Gasteiger partial charge < -0.3 is 20.1 Å². The summed E-state index contributed by atoms with van der Waals surface area (Å²) in [6, 6.07) is 6.60. The summed E-state index contributed by atoms with van der Waals surface area (Å²) < 4.78 is 10.8. The average molecular weight is 332 g/mol. The largest absolute Gasteiger partial charge is 0.454 e. The molecule has 3 rings (SSSR count). The first-order valence-electron chi connectivity index (χ1n) is 8.87. The van der Waals surface area contributed by atoms with Gasteiger partial charge in [0.1, 0.15) is 0 Å². The predicted octanol–water partition coefficient (Wildman–Crippen LogP) is 1.95. The van der Waals surface area contributed by atoms with Crippen molar-refractivity contribution >= 4 is 5.96 Å². The predicted molar refractivity (Wildman–Crippen MR) is 95.7 cm³/mol. The van der Waals surface area contributed by atoms with E-state index < -0.39 is 0 Å². The van der Waals surface area contributed by atoms with Crippen molar-refractivity contribution in [3.63, 3.8) is 0 Å². The maximum atomic E-state index is 5.42. The van der Waals surface area contributed by atoms with E-state index >= 15 is 0 Å². The number of nitrogens with one attached hydrogen (secondary N) is 2. The molecule has 1 aromatic carbocycles. The van der Waals surface area contributed by atoms with Crippen LogP contribution in [0.25, 0.3) is 0 Å². The third-order valence-corrected chi connectivity index (χ3v) is 4.75. The Labute approximate surface area is 144 Å². The van der Waals surface area contributed by atoms with Gasteiger partial charge in [0.05, 0.1) is 0 Å². The molecular weight excluding hydrogens is 304 g/mol. The summed E-state index contributed by atoms with van der Waals surface area (Å²) in [6.07, 6.45) is 3.81. The summed E-state index contributed by atoms with van der Waals surface area (Å²) in [4.78, 5) is 6.91. The van der Waals surface area contributed by atoms with Crippen LogP contribution < -0.4 is 20.1 Å². The summed E-state index contributed by atoms with van der Waals surface area (Å²) in [5.41, 5.74) is 1.15. The van der Waals surface area contributed by atoms with Gasteiger partial charge >= 0.3 is 0 Å². The highest BCUT2D eigenvalue weighted by Gasteiger charge is 2.20. The summed E-state index contributed by atoms with van der Waals surface area (Å²) in [6.45, 7) is 6.65. The smallest absolute Gasteiger partial charge is 0.231 e. The molecule has 0 bridgehead atoms. The normalized spacial score (nSPS) is 18.7. The molecule has 2 aliphatic rings.